The predicted molar refractivity (Wildman–Crippen MR) is 116 cm³/mol. The first kappa shape index (κ1) is 20.5. The fourth-order valence-corrected chi connectivity index (χ4v) is 5.94. The monoisotopic (exact) mass is 426 g/mol. The van der Waals surface area contributed by atoms with Gasteiger partial charge in [0.05, 0.1) is 10.6 Å². The molecule has 0 N–H and O–H groups in total. The molecule has 3 aromatic rings. The van der Waals surface area contributed by atoms with Crippen molar-refractivity contribution in [3.05, 3.63) is 58.7 Å². The van der Waals surface area contributed by atoms with Gasteiger partial charge in [-0.1, -0.05) is 29.4 Å². The van der Waals surface area contributed by atoms with Crippen molar-refractivity contribution in [1.29, 1.82) is 0 Å². The van der Waals surface area contributed by atoms with E-state index in [1.54, 1.807) is 8.99 Å². The molecule has 9 heteroatoms. The average molecular weight is 427 g/mol. The summed E-state index contributed by atoms with van der Waals surface area (Å²) in [6.45, 7) is 9.51. The Hall–Kier alpha value is -2.78. The van der Waals surface area contributed by atoms with Crippen molar-refractivity contribution in [3.63, 3.8) is 0 Å². The van der Waals surface area contributed by atoms with E-state index in [1.165, 1.54) is 0 Å². The Bertz CT molecular complexity index is 1140. The zero-order valence-electron chi connectivity index (χ0n) is 17.7. The molecule has 1 saturated heterocycles. The van der Waals surface area contributed by atoms with Crippen LogP contribution in [-0.4, -0.2) is 59.1 Å². The molecule has 0 saturated carbocycles. The van der Waals surface area contributed by atoms with Gasteiger partial charge in [0, 0.05) is 26.2 Å². The lowest BCUT2D eigenvalue weighted by Crippen LogP contribution is -2.49. The molecule has 0 radical (unpaired) electrons. The summed E-state index contributed by atoms with van der Waals surface area (Å²) in [6, 6.07) is 11.7. The Morgan fingerprint density at radius 2 is 1.47 bits per heavy atom. The fraction of sp³-hybridized carbons (Fsp3) is 0.381. The van der Waals surface area contributed by atoms with Crippen LogP contribution in [0.3, 0.4) is 0 Å². The van der Waals surface area contributed by atoms with Gasteiger partial charge in [-0.05, 0) is 72.5 Å². The Kier molecular flexibility index (Phi) is 5.33. The van der Waals surface area contributed by atoms with Gasteiger partial charge in [-0.3, -0.25) is 0 Å². The van der Waals surface area contributed by atoms with E-state index in [4.69, 9.17) is 0 Å². The quantitative estimate of drug-likeness (QED) is 0.637. The first-order chi connectivity index (χ1) is 14.3. The summed E-state index contributed by atoms with van der Waals surface area (Å²) in [4.78, 5) is 2.47. The molecule has 0 amide bonds. The summed E-state index contributed by atoms with van der Waals surface area (Å²) in [5.74, 6) is 0.622. The molecular formula is C21H26N6O2S. The number of tetrazole rings is 1. The van der Waals surface area contributed by atoms with Gasteiger partial charge in [-0.25, -0.2) is 8.42 Å². The molecule has 4 rings (SSSR count). The Morgan fingerprint density at radius 1 is 0.867 bits per heavy atom. The van der Waals surface area contributed by atoms with Crippen molar-refractivity contribution in [3.8, 4) is 5.69 Å². The second-order valence-electron chi connectivity index (χ2n) is 7.71. The van der Waals surface area contributed by atoms with Crippen molar-refractivity contribution in [2.24, 2.45) is 0 Å². The largest absolute Gasteiger partial charge is 0.337 e. The summed E-state index contributed by atoms with van der Waals surface area (Å²) < 4.78 is 30.2. The molecule has 8 nitrogen and oxygen atoms in total. The van der Waals surface area contributed by atoms with Gasteiger partial charge in [-0.2, -0.15) is 8.99 Å². The first-order valence-corrected chi connectivity index (χ1v) is 11.4. The van der Waals surface area contributed by atoms with Crippen LogP contribution in [0.2, 0.25) is 0 Å². The third-order valence-electron chi connectivity index (χ3n) is 5.87. The van der Waals surface area contributed by atoms with E-state index in [2.05, 4.69) is 15.5 Å². The van der Waals surface area contributed by atoms with Crippen LogP contribution in [0.4, 0.5) is 5.95 Å². The normalized spacial score (nSPS) is 15.5. The number of sulfonamides is 1. The topological polar surface area (TPSA) is 84.2 Å². The molecule has 1 aliphatic rings. The summed E-state index contributed by atoms with van der Waals surface area (Å²) >= 11 is 0. The van der Waals surface area contributed by atoms with Crippen molar-refractivity contribution < 1.29 is 8.42 Å². The maximum atomic E-state index is 13.5. The fourth-order valence-electron chi connectivity index (χ4n) is 3.94. The number of rotatable bonds is 4. The van der Waals surface area contributed by atoms with Gasteiger partial charge in [0.15, 0.2) is 0 Å². The maximum Gasteiger partial charge on any atom is 0.250 e. The number of anilines is 1. The number of hydrogen-bond acceptors (Lipinski definition) is 6. The van der Waals surface area contributed by atoms with Gasteiger partial charge in [-0.15, -0.1) is 0 Å². The van der Waals surface area contributed by atoms with E-state index in [0.29, 0.717) is 37.0 Å². The number of para-hydroxylation sites is 1. The molecule has 1 aliphatic heterocycles. The van der Waals surface area contributed by atoms with Crippen LogP contribution in [0.25, 0.3) is 5.69 Å². The van der Waals surface area contributed by atoms with Crippen LogP contribution in [0.5, 0.6) is 0 Å². The molecule has 0 atom stereocenters. The van der Waals surface area contributed by atoms with Gasteiger partial charge in [0.2, 0.25) is 16.0 Å². The molecule has 1 aromatic heterocycles. The van der Waals surface area contributed by atoms with E-state index >= 15 is 0 Å². The molecule has 30 heavy (non-hydrogen) atoms. The van der Waals surface area contributed by atoms with Crippen LogP contribution in [0, 0.1) is 27.7 Å². The molecule has 158 valence electrons. The lowest BCUT2D eigenvalue weighted by atomic mass is 10.0. The van der Waals surface area contributed by atoms with E-state index in [-0.39, 0.29) is 0 Å². The van der Waals surface area contributed by atoms with Crippen molar-refractivity contribution in [1.82, 2.24) is 24.5 Å². The van der Waals surface area contributed by atoms with Crippen molar-refractivity contribution >= 4 is 16.0 Å². The molecule has 2 heterocycles. The Balaban J connectivity index is 1.57. The molecule has 0 bridgehead atoms. The smallest absolute Gasteiger partial charge is 0.250 e. The highest BCUT2D eigenvalue weighted by molar-refractivity contribution is 7.89. The van der Waals surface area contributed by atoms with Crippen LogP contribution in [0.1, 0.15) is 22.3 Å². The summed E-state index contributed by atoms with van der Waals surface area (Å²) in [6.07, 6.45) is 0. The van der Waals surface area contributed by atoms with Crippen LogP contribution in [-0.2, 0) is 10.0 Å². The Morgan fingerprint density at radius 3 is 2.07 bits per heavy atom. The average Bonchev–Trinajstić information content (AvgIpc) is 3.23. The summed E-state index contributed by atoms with van der Waals surface area (Å²) in [7, 11) is -3.57. The summed E-state index contributed by atoms with van der Waals surface area (Å²) in [5, 5.41) is 12.1. The lowest BCUT2D eigenvalue weighted by molar-refractivity contribution is 0.381. The van der Waals surface area contributed by atoms with Crippen molar-refractivity contribution in [2.45, 2.75) is 32.6 Å². The number of hydrogen-bond donors (Lipinski definition) is 0. The molecular weight excluding hydrogens is 400 g/mol. The standard InChI is InChI=1S/C21H26N6O2S/c1-15-14-16(2)18(4)20(17(15)3)30(28,29)26-12-10-25(11-13-26)21-22-23-24-27(21)19-8-6-5-7-9-19/h5-9,14H,10-13H2,1-4H3. The highest BCUT2D eigenvalue weighted by Crippen LogP contribution is 2.29. The molecule has 0 spiro atoms. The van der Waals surface area contributed by atoms with Gasteiger partial charge in [0.1, 0.15) is 0 Å². The van der Waals surface area contributed by atoms with Crippen LogP contribution in [0.15, 0.2) is 41.3 Å². The SMILES string of the molecule is Cc1cc(C)c(C)c(S(=O)(=O)N2CCN(c3nnnn3-c3ccccc3)CC2)c1C. The molecule has 0 aliphatic carbocycles. The minimum Gasteiger partial charge on any atom is -0.337 e. The van der Waals surface area contributed by atoms with Crippen LogP contribution >= 0.6 is 0 Å². The number of aryl methyl sites for hydroxylation is 2. The van der Waals surface area contributed by atoms with Gasteiger partial charge in [0.25, 0.3) is 0 Å². The molecule has 0 unspecified atom stereocenters. The van der Waals surface area contributed by atoms with E-state index in [0.717, 1.165) is 27.9 Å². The van der Waals surface area contributed by atoms with Gasteiger partial charge < -0.3 is 4.90 Å². The van der Waals surface area contributed by atoms with E-state index in [1.807, 2.05) is 69.0 Å². The highest BCUT2D eigenvalue weighted by atomic mass is 32.2. The predicted octanol–water partition coefficient (Wildman–Crippen LogP) is 2.41. The maximum absolute atomic E-state index is 13.5. The zero-order valence-corrected chi connectivity index (χ0v) is 18.5. The third kappa shape index (κ3) is 3.48. The number of nitrogens with zero attached hydrogens (tertiary/aromatic N) is 6. The number of aromatic nitrogens is 4. The highest BCUT2D eigenvalue weighted by Gasteiger charge is 2.33. The minimum absolute atomic E-state index is 0.385. The zero-order chi connectivity index (χ0) is 21.5. The number of benzene rings is 2. The Labute approximate surface area is 177 Å². The van der Waals surface area contributed by atoms with Crippen molar-refractivity contribution in [2.75, 3.05) is 31.1 Å². The minimum atomic E-state index is -3.57. The van der Waals surface area contributed by atoms with Gasteiger partial charge >= 0.3 is 0 Å². The van der Waals surface area contributed by atoms with E-state index < -0.39 is 10.0 Å². The number of piperazine rings is 1. The lowest BCUT2D eigenvalue weighted by Gasteiger charge is -2.34. The second kappa shape index (κ2) is 7.81. The molecule has 1 fully saturated rings. The third-order valence-corrected chi connectivity index (χ3v) is 8.04. The van der Waals surface area contributed by atoms with E-state index in [9.17, 15) is 8.42 Å². The van der Waals surface area contributed by atoms with Crippen LogP contribution < -0.4 is 4.90 Å². The first-order valence-electron chi connectivity index (χ1n) is 9.97. The molecule has 2 aromatic carbocycles. The second-order valence-corrected chi connectivity index (χ2v) is 9.58. The summed E-state index contributed by atoms with van der Waals surface area (Å²) in [5.41, 5.74) is 4.52.